The number of hydrogen-bond donors (Lipinski definition) is 2. The van der Waals surface area contributed by atoms with Crippen LogP contribution in [0.5, 0.6) is 0 Å². The molecule has 0 aromatic heterocycles. The van der Waals surface area contributed by atoms with Gasteiger partial charge in [0.05, 0.1) is 0 Å². The third kappa shape index (κ3) is 2.36. The number of piperidine rings is 1. The molecular formula is C13H21N3O2. The molecule has 5 heteroatoms. The lowest BCUT2D eigenvalue weighted by Crippen LogP contribution is -2.43. The summed E-state index contributed by atoms with van der Waals surface area (Å²) >= 11 is 0. The average Bonchev–Trinajstić information content (AvgIpc) is 2.72. The zero-order valence-corrected chi connectivity index (χ0v) is 10.7. The minimum Gasteiger partial charge on any atom is -0.388 e. The molecule has 3 rings (SSSR count). The summed E-state index contributed by atoms with van der Waals surface area (Å²) in [6.07, 6.45) is 6.36. The fourth-order valence-corrected chi connectivity index (χ4v) is 2.83. The minimum atomic E-state index is -0.200. The molecule has 1 saturated heterocycles. The fraction of sp³-hybridized carbons (Fsp3) is 0.846. The Morgan fingerprint density at radius 2 is 2.22 bits per heavy atom. The van der Waals surface area contributed by atoms with Gasteiger partial charge in [0, 0.05) is 25.8 Å². The highest BCUT2D eigenvalue weighted by atomic mass is 16.7. The van der Waals surface area contributed by atoms with Crippen molar-refractivity contribution in [1.29, 1.82) is 0 Å². The molecule has 0 bridgehead atoms. The Balaban J connectivity index is 1.49. The zero-order valence-electron chi connectivity index (χ0n) is 10.7. The summed E-state index contributed by atoms with van der Waals surface area (Å²) in [7, 11) is 0. The van der Waals surface area contributed by atoms with Gasteiger partial charge in [-0.1, -0.05) is 11.6 Å². The summed E-state index contributed by atoms with van der Waals surface area (Å²) in [4.78, 5) is 17.5. The Morgan fingerprint density at radius 3 is 2.89 bits per heavy atom. The number of oxime groups is 1. The molecule has 2 heterocycles. The molecule has 0 aromatic rings. The van der Waals surface area contributed by atoms with E-state index in [4.69, 9.17) is 4.84 Å². The maximum absolute atomic E-state index is 12.0. The van der Waals surface area contributed by atoms with Crippen molar-refractivity contribution in [3.05, 3.63) is 0 Å². The summed E-state index contributed by atoms with van der Waals surface area (Å²) < 4.78 is 0. The Morgan fingerprint density at radius 1 is 1.44 bits per heavy atom. The van der Waals surface area contributed by atoms with Crippen LogP contribution < -0.4 is 10.6 Å². The van der Waals surface area contributed by atoms with E-state index < -0.39 is 0 Å². The van der Waals surface area contributed by atoms with Crippen molar-refractivity contribution in [2.75, 3.05) is 19.6 Å². The fourth-order valence-electron chi connectivity index (χ4n) is 2.83. The van der Waals surface area contributed by atoms with Crippen molar-refractivity contribution in [1.82, 2.24) is 10.6 Å². The second kappa shape index (κ2) is 4.88. The van der Waals surface area contributed by atoms with Gasteiger partial charge in [-0.3, -0.25) is 4.79 Å². The van der Waals surface area contributed by atoms with Crippen molar-refractivity contribution >= 4 is 11.6 Å². The molecule has 3 aliphatic rings. The molecule has 2 fully saturated rings. The van der Waals surface area contributed by atoms with Crippen LogP contribution in [0.1, 0.15) is 38.5 Å². The maximum Gasteiger partial charge on any atom is 0.269 e. The first-order valence-corrected chi connectivity index (χ1v) is 7.01. The summed E-state index contributed by atoms with van der Waals surface area (Å²) in [5.41, 5.74) is 0.380. The molecule has 0 atom stereocenters. The molecule has 1 aliphatic carbocycles. The van der Waals surface area contributed by atoms with Crippen molar-refractivity contribution in [2.45, 2.75) is 44.1 Å². The second-order valence-corrected chi connectivity index (χ2v) is 5.75. The topological polar surface area (TPSA) is 62.7 Å². The number of hydrogen-bond acceptors (Lipinski definition) is 4. The summed E-state index contributed by atoms with van der Waals surface area (Å²) in [5.74, 6) is 0.655. The first-order valence-electron chi connectivity index (χ1n) is 7.01. The van der Waals surface area contributed by atoms with E-state index in [1.165, 1.54) is 19.3 Å². The normalized spacial score (nSPS) is 26.3. The van der Waals surface area contributed by atoms with Crippen molar-refractivity contribution < 1.29 is 9.63 Å². The molecule has 1 saturated carbocycles. The largest absolute Gasteiger partial charge is 0.388 e. The standard InChI is InChI=1S/C13H21N3O2/c17-12(15-9-10-2-1-3-10)11-8-13(18-16-11)4-6-14-7-5-13/h10,14H,1-9H2,(H,15,17). The average molecular weight is 251 g/mol. The van der Waals surface area contributed by atoms with Gasteiger partial charge in [0.25, 0.3) is 5.91 Å². The van der Waals surface area contributed by atoms with E-state index >= 15 is 0 Å². The van der Waals surface area contributed by atoms with Gasteiger partial charge < -0.3 is 15.5 Å². The molecule has 1 spiro atoms. The van der Waals surface area contributed by atoms with E-state index in [9.17, 15) is 4.79 Å². The van der Waals surface area contributed by atoms with Crippen LogP contribution in [0.15, 0.2) is 5.16 Å². The van der Waals surface area contributed by atoms with Crippen LogP contribution in [-0.2, 0) is 9.63 Å². The van der Waals surface area contributed by atoms with E-state index in [-0.39, 0.29) is 11.5 Å². The monoisotopic (exact) mass is 251 g/mol. The van der Waals surface area contributed by atoms with Crippen LogP contribution in [0, 0.1) is 5.92 Å². The second-order valence-electron chi connectivity index (χ2n) is 5.75. The van der Waals surface area contributed by atoms with E-state index in [0.717, 1.165) is 32.5 Å². The number of carbonyl (C=O) groups is 1. The lowest BCUT2D eigenvalue weighted by Gasteiger charge is -2.30. The van der Waals surface area contributed by atoms with Gasteiger partial charge in [-0.25, -0.2) is 0 Å². The number of nitrogens with one attached hydrogen (secondary N) is 2. The van der Waals surface area contributed by atoms with E-state index in [1.54, 1.807) is 0 Å². The van der Waals surface area contributed by atoms with E-state index in [1.807, 2.05) is 0 Å². The smallest absolute Gasteiger partial charge is 0.269 e. The highest BCUT2D eigenvalue weighted by Gasteiger charge is 2.42. The molecule has 18 heavy (non-hydrogen) atoms. The summed E-state index contributed by atoms with van der Waals surface area (Å²) in [6, 6.07) is 0. The lowest BCUT2D eigenvalue weighted by atomic mass is 9.85. The number of carbonyl (C=O) groups excluding carboxylic acids is 1. The van der Waals surface area contributed by atoms with E-state index in [0.29, 0.717) is 18.1 Å². The van der Waals surface area contributed by atoms with E-state index in [2.05, 4.69) is 15.8 Å². The molecular weight excluding hydrogens is 230 g/mol. The zero-order chi connectivity index (χ0) is 12.4. The Bertz CT molecular complexity index is 357. The molecule has 5 nitrogen and oxygen atoms in total. The van der Waals surface area contributed by atoms with Crippen LogP contribution in [0.25, 0.3) is 0 Å². The van der Waals surface area contributed by atoms with Gasteiger partial charge >= 0.3 is 0 Å². The third-order valence-electron chi connectivity index (χ3n) is 4.39. The maximum atomic E-state index is 12.0. The Labute approximate surface area is 107 Å². The SMILES string of the molecule is O=C(NCC1CCC1)C1=NOC2(CCNCC2)C1. The molecule has 0 unspecified atom stereocenters. The molecule has 2 aliphatic heterocycles. The van der Waals surface area contributed by atoms with Gasteiger partial charge in [-0.15, -0.1) is 0 Å². The van der Waals surface area contributed by atoms with Gasteiger partial charge in [0.1, 0.15) is 11.3 Å². The highest BCUT2D eigenvalue weighted by molar-refractivity contribution is 6.39. The first-order chi connectivity index (χ1) is 8.77. The van der Waals surface area contributed by atoms with Gasteiger partial charge in [0.2, 0.25) is 0 Å². The predicted molar refractivity (Wildman–Crippen MR) is 68.3 cm³/mol. The molecule has 1 amide bonds. The predicted octanol–water partition coefficient (Wildman–Crippen LogP) is 0.801. The van der Waals surface area contributed by atoms with Crippen LogP contribution in [0.2, 0.25) is 0 Å². The Hall–Kier alpha value is -1.10. The van der Waals surface area contributed by atoms with Crippen LogP contribution in [-0.4, -0.2) is 36.9 Å². The van der Waals surface area contributed by atoms with Gasteiger partial charge in [0.15, 0.2) is 0 Å². The van der Waals surface area contributed by atoms with Crippen LogP contribution in [0.4, 0.5) is 0 Å². The lowest BCUT2D eigenvalue weighted by molar-refractivity contribution is -0.115. The highest BCUT2D eigenvalue weighted by Crippen LogP contribution is 2.32. The summed E-state index contributed by atoms with van der Waals surface area (Å²) in [5, 5.41) is 10.3. The molecule has 2 N–H and O–H groups in total. The van der Waals surface area contributed by atoms with Crippen molar-refractivity contribution in [2.24, 2.45) is 11.1 Å². The van der Waals surface area contributed by atoms with Crippen molar-refractivity contribution in [3.8, 4) is 0 Å². The molecule has 0 aromatic carbocycles. The first kappa shape index (κ1) is 12.0. The Kier molecular flexibility index (Phi) is 3.24. The van der Waals surface area contributed by atoms with Crippen LogP contribution in [0.3, 0.4) is 0 Å². The summed E-state index contributed by atoms with van der Waals surface area (Å²) in [6.45, 7) is 2.70. The van der Waals surface area contributed by atoms with Crippen LogP contribution >= 0.6 is 0 Å². The molecule has 100 valence electrons. The van der Waals surface area contributed by atoms with Gasteiger partial charge in [-0.2, -0.15) is 0 Å². The molecule has 0 radical (unpaired) electrons. The number of amides is 1. The minimum absolute atomic E-state index is 0.0303. The number of nitrogens with zero attached hydrogens (tertiary/aromatic N) is 1. The van der Waals surface area contributed by atoms with Crippen molar-refractivity contribution in [3.63, 3.8) is 0 Å². The third-order valence-corrected chi connectivity index (χ3v) is 4.39. The number of rotatable bonds is 3. The van der Waals surface area contributed by atoms with Gasteiger partial charge in [-0.05, 0) is 31.8 Å². The quantitative estimate of drug-likeness (QED) is 0.780.